The van der Waals surface area contributed by atoms with Gasteiger partial charge in [-0.3, -0.25) is 0 Å². The summed E-state index contributed by atoms with van der Waals surface area (Å²) in [5, 5.41) is 3.71. The van der Waals surface area contributed by atoms with Gasteiger partial charge in [0.05, 0.1) is 0 Å². The number of aryl methyl sites for hydroxylation is 2. The zero-order valence-electron chi connectivity index (χ0n) is 13.2. The van der Waals surface area contributed by atoms with Crippen LogP contribution < -0.4 is 5.32 Å². The van der Waals surface area contributed by atoms with Gasteiger partial charge in [0, 0.05) is 6.04 Å². The summed E-state index contributed by atoms with van der Waals surface area (Å²) in [4.78, 5) is 0. The van der Waals surface area contributed by atoms with Gasteiger partial charge in [0.1, 0.15) is 0 Å². The SMILES string of the molecule is CCCNC(CCc1ccccc1C)CCC(C)C. The first-order chi connectivity index (χ1) is 9.13. The molecular weight excluding hydrogens is 230 g/mol. The standard InChI is InChI=1S/C18H31N/c1-5-14-19-18(12-10-15(2)3)13-11-17-9-7-6-8-16(17)4/h6-9,15,18-19H,5,10-14H2,1-4H3. The topological polar surface area (TPSA) is 12.0 Å². The summed E-state index contributed by atoms with van der Waals surface area (Å²) < 4.78 is 0. The number of nitrogens with one attached hydrogen (secondary N) is 1. The fraction of sp³-hybridized carbons (Fsp3) is 0.667. The molecule has 0 spiro atoms. The van der Waals surface area contributed by atoms with Crippen molar-refractivity contribution < 1.29 is 0 Å². The van der Waals surface area contributed by atoms with Crippen LogP contribution in [-0.4, -0.2) is 12.6 Å². The molecule has 0 saturated carbocycles. The Kier molecular flexibility index (Phi) is 7.81. The second-order valence-corrected chi connectivity index (χ2v) is 6.09. The third-order valence-electron chi connectivity index (χ3n) is 3.80. The van der Waals surface area contributed by atoms with Crippen molar-refractivity contribution in [2.24, 2.45) is 5.92 Å². The maximum absolute atomic E-state index is 3.71. The van der Waals surface area contributed by atoms with E-state index in [2.05, 4.69) is 57.3 Å². The molecule has 0 aliphatic rings. The molecular formula is C18H31N. The van der Waals surface area contributed by atoms with Gasteiger partial charge in [-0.15, -0.1) is 0 Å². The first-order valence-corrected chi connectivity index (χ1v) is 7.91. The first kappa shape index (κ1) is 16.2. The molecule has 1 nitrogen and oxygen atoms in total. The maximum atomic E-state index is 3.71. The highest BCUT2D eigenvalue weighted by molar-refractivity contribution is 5.25. The lowest BCUT2D eigenvalue weighted by atomic mass is 9.96. The lowest BCUT2D eigenvalue weighted by Gasteiger charge is -2.20. The van der Waals surface area contributed by atoms with Crippen LogP contribution in [0.3, 0.4) is 0 Å². The Morgan fingerprint density at radius 2 is 1.79 bits per heavy atom. The number of hydrogen-bond donors (Lipinski definition) is 1. The zero-order valence-corrected chi connectivity index (χ0v) is 13.2. The highest BCUT2D eigenvalue weighted by Crippen LogP contribution is 2.15. The van der Waals surface area contributed by atoms with Crippen LogP contribution in [0.25, 0.3) is 0 Å². The van der Waals surface area contributed by atoms with Gasteiger partial charge in [-0.1, -0.05) is 45.0 Å². The van der Waals surface area contributed by atoms with Crippen molar-refractivity contribution in [3.05, 3.63) is 35.4 Å². The summed E-state index contributed by atoms with van der Waals surface area (Å²) >= 11 is 0. The van der Waals surface area contributed by atoms with Crippen molar-refractivity contribution in [2.45, 2.75) is 65.8 Å². The Morgan fingerprint density at radius 3 is 2.42 bits per heavy atom. The van der Waals surface area contributed by atoms with E-state index in [1.807, 2.05) is 0 Å². The van der Waals surface area contributed by atoms with Gasteiger partial charge in [-0.2, -0.15) is 0 Å². The van der Waals surface area contributed by atoms with Crippen molar-refractivity contribution in [1.82, 2.24) is 5.32 Å². The minimum Gasteiger partial charge on any atom is -0.314 e. The summed E-state index contributed by atoms with van der Waals surface area (Å²) in [6, 6.07) is 9.46. The summed E-state index contributed by atoms with van der Waals surface area (Å²) in [6.45, 7) is 10.2. The average molecular weight is 261 g/mol. The van der Waals surface area contributed by atoms with Crippen molar-refractivity contribution in [2.75, 3.05) is 6.54 Å². The molecule has 19 heavy (non-hydrogen) atoms. The molecule has 1 rings (SSSR count). The van der Waals surface area contributed by atoms with Crippen LogP contribution in [0.4, 0.5) is 0 Å². The normalized spacial score (nSPS) is 12.9. The Hall–Kier alpha value is -0.820. The minimum absolute atomic E-state index is 0.682. The van der Waals surface area contributed by atoms with E-state index < -0.39 is 0 Å². The van der Waals surface area contributed by atoms with Gasteiger partial charge < -0.3 is 5.32 Å². The van der Waals surface area contributed by atoms with Gasteiger partial charge in [0.2, 0.25) is 0 Å². The number of hydrogen-bond acceptors (Lipinski definition) is 1. The molecule has 1 aromatic rings. The highest BCUT2D eigenvalue weighted by Gasteiger charge is 2.09. The predicted molar refractivity (Wildman–Crippen MR) is 85.7 cm³/mol. The van der Waals surface area contributed by atoms with E-state index in [0.717, 1.165) is 12.5 Å². The van der Waals surface area contributed by atoms with Crippen LogP contribution in [0.5, 0.6) is 0 Å². The summed E-state index contributed by atoms with van der Waals surface area (Å²) in [6.07, 6.45) is 6.32. The molecule has 0 aromatic heterocycles. The molecule has 0 amide bonds. The molecule has 1 aromatic carbocycles. The van der Waals surface area contributed by atoms with Crippen molar-refractivity contribution in [3.8, 4) is 0 Å². The second kappa shape index (κ2) is 9.14. The lowest BCUT2D eigenvalue weighted by Crippen LogP contribution is -2.30. The molecule has 1 atom stereocenters. The van der Waals surface area contributed by atoms with Gasteiger partial charge >= 0.3 is 0 Å². The van der Waals surface area contributed by atoms with Crippen molar-refractivity contribution in [1.29, 1.82) is 0 Å². The van der Waals surface area contributed by atoms with Crippen molar-refractivity contribution in [3.63, 3.8) is 0 Å². The zero-order chi connectivity index (χ0) is 14.1. The monoisotopic (exact) mass is 261 g/mol. The lowest BCUT2D eigenvalue weighted by molar-refractivity contribution is 0.410. The number of rotatable bonds is 9. The molecule has 0 radical (unpaired) electrons. The molecule has 0 heterocycles. The van der Waals surface area contributed by atoms with Gasteiger partial charge in [0.25, 0.3) is 0 Å². The molecule has 0 aliphatic heterocycles. The Bertz CT molecular complexity index is 343. The van der Waals surface area contributed by atoms with Gasteiger partial charge in [-0.25, -0.2) is 0 Å². The third-order valence-corrected chi connectivity index (χ3v) is 3.80. The predicted octanol–water partition coefficient (Wildman–Crippen LogP) is 4.73. The van der Waals surface area contributed by atoms with E-state index in [0.29, 0.717) is 6.04 Å². The quantitative estimate of drug-likeness (QED) is 0.677. The summed E-state index contributed by atoms with van der Waals surface area (Å²) in [5.74, 6) is 0.810. The fourth-order valence-electron chi connectivity index (χ4n) is 2.45. The molecule has 1 N–H and O–H groups in total. The first-order valence-electron chi connectivity index (χ1n) is 7.91. The highest BCUT2D eigenvalue weighted by atomic mass is 14.9. The molecule has 0 aliphatic carbocycles. The molecule has 1 unspecified atom stereocenters. The minimum atomic E-state index is 0.682. The fourth-order valence-corrected chi connectivity index (χ4v) is 2.45. The third kappa shape index (κ3) is 6.77. The second-order valence-electron chi connectivity index (χ2n) is 6.09. The van der Waals surface area contributed by atoms with E-state index in [4.69, 9.17) is 0 Å². The van der Waals surface area contributed by atoms with Crippen LogP contribution in [0.1, 0.15) is 57.6 Å². The Labute approximate surface area is 119 Å². The van der Waals surface area contributed by atoms with E-state index in [9.17, 15) is 0 Å². The average Bonchev–Trinajstić information content (AvgIpc) is 2.39. The summed E-state index contributed by atoms with van der Waals surface area (Å²) in [5.41, 5.74) is 2.94. The van der Waals surface area contributed by atoms with E-state index >= 15 is 0 Å². The van der Waals surface area contributed by atoms with E-state index in [1.165, 1.54) is 43.2 Å². The number of benzene rings is 1. The molecule has 0 saturated heterocycles. The van der Waals surface area contributed by atoms with Gasteiger partial charge in [0.15, 0.2) is 0 Å². The molecule has 108 valence electrons. The maximum Gasteiger partial charge on any atom is 0.00703 e. The van der Waals surface area contributed by atoms with Crippen molar-refractivity contribution >= 4 is 0 Å². The molecule has 1 heteroatoms. The van der Waals surface area contributed by atoms with E-state index in [1.54, 1.807) is 0 Å². The van der Waals surface area contributed by atoms with Crippen LogP contribution in [0.2, 0.25) is 0 Å². The Morgan fingerprint density at radius 1 is 1.05 bits per heavy atom. The van der Waals surface area contributed by atoms with Crippen LogP contribution in [-0.2, 0) is 6.42 Å². The van der Waals surface area contributed by atoms with Crippen LogP contribution in [0, 0.1) is 12.8 Å². The molecule has 0 fully saturated rings. The van der Waals surface area contributed by atoms with Crippen LogP contribution >= 0.6 is 0 Å². The largest absolute Gasteiger partial charge is 0.314 e. The smallest absolute Gasteiger partial charge is 0.00703 e. The van der Waals surface area contributed by atoms with E-state index in [-0.39, 0.29) is 0 Å². The molecule has 0 bridgehead atoms. The van der Waals surface area contributed by atoms with Crippen LogP contribution in [0.15, 0.2) is 24.3 Å². The Balaban J connectivity index is 2.45. The van der Waals surface area contributed by atoms with Gasteiger partial charge in [-0.05, 0) is 62.6 Å². The summed E-state index contributed by atoms with van der Waals surface area (Å²) in [7, 11) is 0.